The summed E-state index contributed by atoms with van der Waals surface area (Å²) in [5.74, 6) is 0.783. The van der Waals surface area contributed by atoms with Crippen LogP contribution in [0.3, 0.4) is 0 Å². The van der Waals surface area contributed by atoms with Crippen LogP contribution in [0.5, 0.6) is 5.75 Å². The van der Waals surface area contributed by atoms with E-state index >= 15 is 0 Å². The van der Waals surface area contributed by atoms with Crippen LogP contribution in [0.2, 0.25) is 0 Å². The molecule has 0 unspecified atom stereocenters. The third-order valence-electron chi connectivity index (χ3n) is 5.60. The number of rotatable bonds is 6. The Hall–Kier alpha value is -2.90. The predicted octanol–water partition coefficient (Wildman–Crippen LogP) is 4.22. The van der Waals surface area contributed by atoms with E-state index in [1.165, 1.54) is 0 Å². The van der Waals surface area contributed by atoms with Crippen LogP contribution in [0.1, 0.15) is 24.0 Å². The van der Waals surface area contributed by atoms with Crippen molar-refractivity contribution in [1.82, 2.24) is 9.88 Å². The number of H-pyrrole nitrogens is 1. The number of thiocarbonyl (C=S) groups is 1. The Bertz CT molecular complexity index is 1120. The minimum atomic E-state index is -0.0913. The van der Waals surface area contributed by atoms with Crippen molar-refractivity contribution in [2.75, 3.05) is 25.6 Å². The SMILES string of the molecule is COc1ccc(NC(=S)N(Cc2cc3cccc(C)c3[nH]c2=O)C[C@@H]2CCCO2)cc1. The van der Waals surface area contributed by atoms with Crippen LogP contribution in [-0.2, 0) is 11.3 Å². The fourth-order valence-electron chi connectivity index (χ4n) is 3.88. The maximum atomic E-state index is 12.8. The molecule has 1 aliphatic rings. The zero-order chi connectivity index (χ0) is 21.8. The van der Waals surface area contributed by atoms with Gasteiger partial charge in [0.1, 0.15) is 5.75 Å². The highest BCUT2D eigenvalue weighted by Crippen LogP contribution is 2.20. The van der Waals surface area contributed by atoms with Crippen molar-refractivity contribution < 1.29 is 9.47 Å². The first-order chi connectivity index (χ1) is 15.0. The van der Waals surface area contributed by atoms with Gasteiger partial charge >= 0.3 is 0 Å². The minimum absolute atomic E-state index is 0.0913. The Labute approximate surface area is 187 Å². The summed E-state index contributed by atoms with van der Waals surface area (Å²) in [6, 6.07) is 15.6. The number of aromatic nitrogens is 1. The summed E-state index contributed by atoms with van der Waals surface area (Å²) in [5, 5.41) is 4.86. The first kappa shape index (κ1) is 21.3. The number of benzene rings is 2. The van der Waals surface area contributed by atoms with Crippen molar-refractivity contribution >= 4 is 33.9 Å². The van der Waals surface area contributed by atoms with Crippen LogP contribution in [0.4, 0.5) is 5.69 Å². The molecule has 3 aromatic rings. The number of nitrogens with zero attached hydrogens (tertiary/aromatic N) is 1. The van der Waals surface area contributed by atoms with E-state index in [0.29, 0.717) is 23.8 Å². The van der Waals surface area contributed by atoms with Gasteiger partial charge in [0.2, 0.25) is 0 Å². The summed E-state index contributed by atoms with van der Waals surface area (Å²) in [6.45, 7) is 3.80. The molecule has 31 heavy (non-hydrogen) atoms. The molecule has 0 radical (unpaired) electrons. The summed E-state index contributed by atoms with van der Waals surface area (Å²) in [5.41, 5.74) is 3.38. The highest BCUT2D eigenvalue weighted by Gasteiger charge is 2.22. The molecule has 0 saturated carbocycles. The Morgan fingerprint density at radius 3 is 2.81 bits per heavy atom. The molecule has 1 aromatic heterocycles. The van der Waals surface area contributed by atoms with Crippen LogP contribution in [0.25, 0.3) is 10.9 Å². The average molecular weight is 438 g/mol. The van der Waals surface area contributed by atoms with Crippen molar-refractivity contribution in [3.05, 3.63) is 70.0 Å². The van der Waals surface area contributed by atoms with Crippen molar-refractivity contribution in [2.24, 2.45) is 0 Å². The summed E-state index contributed by atoms with van der Waals surface area (Å²) in [4.78, 5) is 17.9. The fraction of sp³-hybridized carbons (Fsp3) is 0.333. The van der Waals surface area contributed by atoms with Crippen molar-refractivity contribution in [3.8, 4) is 5.75 Å². The third-order valence-corrected chi connectivity index (χ3v) is 5.96. The Kier molecular flexibility index (Phi) is 6.53. The molecule has 0 spiro atoms. The number of anilines is 1. The molecule has 1 fully saturated rings. The summed E-state index contributed by atoms with van der Waals surface area (Å²) < 4.78 is 11.1. The second-order valence-electron chi connectivity index (χ2n) is 7.84. The van der Waals surface area contributed by atoms with E-state index in [1.54, 1.807) is 7.11 Å². The Morgan fingerprint density at radius 2 is 2.10 bits per heavy atom. The van der Waals surface area contributed by atoms with Gasteiger partial charge in [-0.05, 0) is 73.3 Å². The standard InChI is InChI=1S/C24H27N3O3S/c1-16-5-3-6-17-13-18(23(28)26-22(16)17)14-27(15-21-7-4-12-30-21)24(31)25-19-8-10-20(29-2)11-9-19/h3,5-6,8-11,13,21H,4,7,12,14-15H2,1-2H3,(H,25,31)(H,26,28)/t21-/m0/s1. The van der Waals surface area contributed by atoms with E-state index in [0.717, 1.165) is 47.4 Å². The quantitative estimate of drug-likeness (QED) is 0.563. The lowest BCUT2D eigenvalue weighted by Gasteiger charge is -2.28. The van der Waals surface area contributed by atoms with Crippen LogP contribution < -0.4 is 15.6 Å². The van der Waals surface area contributed by atoms with E-state index in [9.17, 15) is 4.79 Å². The molecule has 1 aliphatic heterocycles. The van der Waals surface area contributed by atoms with Gasteiger partial charge in [0.15, 0.2) is 5.11 Å². The largest absolute Gasteiger partial charge is 0.497 e. The minimum Gasteiger partial charge on any atom is -0.497 e. The second-order valence-corrected chi connectivity index (χ2v) is 8.22. The molecule has 162 valence electrons. The smallest absolute Gasteiger partial charge is 0.253 e. The molecule has 6 nitrogen and oxygen atoms in total. The molecule has 0 bridgehead atoms. The van der Waals surface area contributed by atoms with Crippen LogP contribution in [0.15, 0.2) is 53.3 Å². The van der Waals surface area contributed by atoms with Crippen LogP contribution in [-0.4, -0.2) is 41.4 Å². The highest BCUT2D eigenvalue weighted by molar-refractivity contribution is 7.80. The molecule has 0 aliphatic carbocycles. The molecule has 1 saturated heterocycles. The van der Waals surface area contributed by atoms with Gasteiger partial charge in [0.25, 0.3) is 5.56 Å². The first-order valence-electron chi connectivity index (χ1n) is 10.5. The number of para-hydroxylation sites is 1. The maximum absolute atomic E-state index is 12.8. The van der Waals surface area contributed by atoms with Gasteiger partial charge in [0.05, 0.1) is 25.3 Å². The number of aromatic amines is 1. The number of fused-ring (bicyclic) bond motifs is 1. The number of pyridine rings is 1. The molecular formula is C24H27N3O3S. The number of hydrogen-bond acceptors (Lipinski definition) is 4. The molecule has 4 rings (SSSR count). The predicted molar refractivity (Wildman–Crippen MR) is 128 cm³/mol. The van der Waals surface area contributed by atoms with Gasteiger partial charge in [-0.3, -0.25) is 4.79 Å². The fourth-order valence-corrected chi connectivity index (χ4v) is 4.14. The molecular weight excluding hydrogens is 410 g/mol. The normalized spacial score (nSPS) is 15.7. The monoisotopic (exact) mass is 437 g/mol. The van der Waals surface area contributed by atoms with Crippen molar-refractivity contribution in [3.63, 3.8) is 0 Å². The third kappa shape index (κ3) is 5.06. The highest BCUT2D eigenvalue weighted by atomic mass is 32.1. The van der Waals surface area contributed by atoms with Gasteiger partial charge in [-0.2, -0.15) is 0 Å². The lowest BCUT2D eigenvalue weighted by molar-refractivity contribution is 0.0904. The van der Waals surface area contributed by atoms with E-state index in [1.807, 2.05) is 60.4 Å². The van der Waals surface area contributed by atoms with Crippen LogP contribution >= 0.6 is 12.2 Å². The van der Waals surface area contributed by atoms with Gasteiger partial charge < -0.3 is 24.7 Å². The Morgan fingerprint density at radius 1 is 1.29 bits per heavy atom. The van der Waals surface area contributed by atoms with Crippen molar-refractivity contribution in [2.45, 2.75) is 32.4 Å². The van der Waals surface area contributed by atoms with Gasteiger partial charge in [0, 0.05) is 24.4 Å². The summed E-state index contributed by atoms with van der Waals surface area (Å²) in [7, 11) is 1.64. The zero-order valence-corrected chi connectivity index (χ0v) is 18.6. The Balaban J connectivity index is 1.58. The molecule has 7 heteroatoms. The lowest BCUT2D eigenvalue weighted by atomic mass is 10.1. The molecule has 2 N–H and O–H groups in total. The van der Waals surface area contributed by atoms with Crippen molar-refractivity contribution in [1.29, 1.82) is 0 Å². The summed E-state index contributed by atoms with van der Waals surface area (Å²) in [6.07, 6.45) is 2.15. The number of hydrogen-bond donors (Lipinski definition) is 2. The van der Waals surface area contributed by atoms with Crippen LogP contribution in [0, 0.1) is 6.92 Å². The van der Waals surface area contributed by atoms with Gasteiger partial charge in [-0.15, -0.1) is 0 Å². The van der Waals surface area contributed by atoms with E-state index in [2.05, 4.69) is 10.3 Å². The maximum Gasteiger partial charge on any atom is 0.253 e. The molecule has 0 amide bonds. The zero-order valence-electron chi connectivity index (χ0n) is 17.8. The van der Waals surface area contributed by atoms with E-state index < -0.39 is 0 Å². The summed E-state index contributed by atoms with van der Waals surface area (Å²) >= 11 is 5.73. The molecule has 1 atom stereocenters. The van der Waals surface area contributed by atoms with E-state index in [-0.39, 0.29) is 11.7 Å². The number of methoxy groups -OCH3 is 1. The molecule has 2 heterocycles. The lowest BCUT2D eigenvalue weighted by Crippen LogP contribution is -2.40. The molecule has 2 aromatic carbocycles. The number of aryl methyl sites for hydroxylation is 1. The average Bonchev–Trinajstić information content (AvgIpc) is 3.28. The second kappa shape index (κ2) is 9.49. The first-order valence-corrected chi connectivity index (χ1v) is 10.9. The number of nitrogens with one attached hydrogen (secondary N) is 2. The van der Waals surface area contributed by atoms with E-state index in [4.69, 9.17) is 21.7 Å². The number of ether oxygens (including phenoxy) is 2. The van der Waals surface area contributed by atoms with Gasteiger partial charge in [-0.25, -0.2) is 0 Å². The topological polar surface area (TPSA) is 66.6 Å². The van der Waals surface area contributed by atoms with Gasteiger partial charge in [-0.1, -0.05) is 18.2 Å².